The van der Waals surface area contributed by atoms with Crippen molar-refractivity contribution in [1.82, 2.24) is 4.98 Å². The topological polar surface area (TPSA) is 12.9 Å². The molecule has 2 heteroatoms. The third kappa shape index (κ3) is 2.37. The van der Waals surface area contributed by atoms with Gasteiger partial charge in [-0.15, -0.1) is 29.1 Å². The van der Waals surface area contributed by atoms with E-state index in [0.717, 1.165) is 11.3 Å². The first-order valence-corrected chi connectivity index (χ1v) is 6.67. The van der Waals surface area contributed by atoms with Gasteiger partial charge >= 0.3 is 0 Å². The summed E-state index contributed by atoms with van der Waals surface area (Å²) in [7, 11) is 0. The maximum atomic E-state index is 4.60. The maximum absolute atomic E-state index is 4.60. The molecule has 0 spiro atoms. The zero-order valence-electron chi connectivity index (χ0n) is 11.2. The SMILES string of the molecule is [Ir].[c-]1ccc2ccccc2c1-c1nccc2ccccc12. The number of aromatic nitrogens is 1. The molecule has 0 bridgehead atoms. The Balaban J connectivity index is 0.00000132. The van der Waals surface area contributed by atoms with Gasteiger partial charge in [-0.25, -0.2) is 0 Å². The van der Waals surface area contributed by atoms with E-state index in [4.69, 9.17) is 0 Å². The average Bonchev–Trinajstić information content (AvgIpc) is 2.54. The molecular weight excluding hydrogens is 434 g/mol. The molecule has 3 aromatic carbocycles. The van der Waals surface area contributed by atoms with Crippen molar-refractivity contribution in [3.05, 3.63) is 79.0 Å². The van der Waals surface area contributed by atoms with E-state index in [9.17, 15) is 0 Å². The largest absolute Gasteiger partial charge is 0.304 e. The fourth-order valence-corrected chi connectivity index (χ4v) is 2.68. The van der Waals surface area contributed by atoms with E-state index in [0.29, 0.717) is 0 Å². The fourth-order valence-electron chi connectivity index (χ4n) is 2.68. The van der Waals surface area contributed by atoms with Crippen molar-refractivity contribution < 1.29 is 20.1 Å². The molecule has 1 heterocycles. The zero-order chi connectivity index (χ0) is 13.4. The van der Waals surface area contributed by atoms with Gasteiger partial charge in [0.1, 0.15) is 0 Å². The third-order valence-electron chi connectivity index (χ3n) is 3.63. The molecule has 0 aliphatic rings. The molecule has 1 nitrogen and oxygen atoms in total. The fraction of sp³-hybridized carbons (Fsp3) is 0. The Kier molecular flexibility index (Phi) is 3.83. The Morgan fingerprint density at radius 2 is 1.38 bits per heavy atom. The van der Waals surface area contributed by atoms with Gasteiger partial charge in [0, 0.05) is 26.3 Å². The third-order valence-corrected chi connectivity index (χ3v) is 3.63. The van der Waals surface area contributed by atoms with Crippen LogP contribution in [0, 0.1) is 6.07 Å². The molecule has 0 fully saturated rings. The molecule has 1 radical (unpaired) electrons. The van der Waals surface area contributed by atoms with Crippen molar-refractivity contribution in [3.8, 4) is 11.3 Å². The second-order valence-electron chi connectivity index (χ2n) is 4.82. The summed E-state index contributed by atoms with van der Waals surface area (Å²) < 4.78 is 0. The first-order valence-electron chi connectivity index (χ1n) is 6.67. The molecule has 0 saturated heterocycles. The maximum Gasteiger partial charge on any atom is 0.0167 e. The number of pyridine rings is 1. The number of benzene rings is 3. The normalized spacial score (nSPS) is 10.5. The van der Waals surface area contributed by atoms with Gasteiger partial charge in [0.05, 0.1) is 0 Å². The van der Waals surface area contributed by atoms with Crippen LogP contribution in [0.5, 0.6) is 0 Å². The minimum absolute atomic E-state index is 0. The van der Waals surface area contributed by atoms with Crippen LogP contribution in [-0.2, 0) is 20.1 Å². The predicted molar refractivity (Wildman–Crippen MR) is 83.5 cm³/mol. The summed E-state index contributed by atoms with van der Waals surface area (Å²) >= 11 is 0. The second-order valence-corrected chi connectivity index (χ2v) is 4.82. The summed E-state index contributed by atoms with van der Waals surface area (Å²) in [6.07, 6.45) is 1.87. The summed E-state index contributed by atoms with van der Waals surface area (Å²) in [4.78, 5) is 4.60. The van der Waals surface area contributed by atoms with Crippen LogP contribution in [0.4, 0.5) is 0 Å². The molecule has 0 amide bonds. The van der Waals surface area contributed by atoms with Gasteiger partial charge in [0.15, 0.2) is 0 Å². The molecule has 21 heavy (non-hydrogen) atoms. The summed E-state index contributed by atoms with van der Waals surface area (Å²) in [6.45, 7) is 0. The molecule has 0 aliphatic carbocycles. The van der Waals surface area contributed by atoms with E-state index in [1.54, 1.807) is 0 Å². The minimum atomic E-state index is 0. The minimum Gasteiger partial charge on any atom is -0.304 e. The molecule has 4 rings (SSSR count). The van der Waals surface area contributed by atoms with E-state index in [2.05, 4.69) is 65.6 Å². The molecule has 1 aromatic heterocycles. The van der Waals surface area contributed by atoms with Gasteiger partial charge < -0.3 is 4.98 Å². The van der Waals surface area contributed by atoms with Crippen LogP contribution in [0.2, 0.25) is 0 Å². The van der Waals surface area contributed by atoms with Crippen LogP contribution < -0.4 is 0 Å². The van der Waals surface area contributed by atoms with Crippen molar-refractivity contribution in [2.75, 3.05) is 0 Å². The Morgan fingerprint density at radius 1 is 0.714 bits per heavy atom. The number of rotatable bonds is 1. The monoisotopic (exact) mass is 447 g/mol. The smallest absolute Gasteiger partial charge is 0.0167 e. The number of nitrogens with zero attached hydrogens (tertiary/aromatic N) is 1. The van der Waals surface area contributed by atoms with Crippen molar-refractivity contribution in [3.63, 3.8) is 0 Å². The molecule has 4 aromatic rings. The molecule has 0 saturated carbocycles. The van der Waals surface area contributed by atoms with Crippen molar-refractivity contribution >= 4 is 21.5 Å². The average molecular weight is 447 g/mol. The number of fused-ring (bicyclic) bond motifs is 2. The Morgan fingerprint density at radius 3 is 2.19 bits per heavy atom. The first kappa shape index (κ1) is 13.9. The standard InChI is InChI=1S/C19H12N.Ir/c1-3-9-16-14(6-1)8-5-11-18(16)19-17-10-4-2-7-15(17)12-13-20-19;/h1-10,12-13H;/q-1;. The van der Waals surface area contributed by atoms with Crippen molar-refractivity contribution in [1.29, 1.82) is 0 Å². The van der Waals surface area contributed by atoms with Crippen molar-refractivity contribution in [2.24, 2.45) is 0 Å². The summed E-state index contributed by atoms with van der Waals surface area (Å²) in [6, 6.07) is 26.2. The molecular formula is C19H12IrN-. The number of hydrogen-bond acceptors (Lipinski definition) is 1. The van der Waals surface area contributed by atoms with E-state index < -0.39 is 0 Å². The summed E-state index contributed by atoms with van der Waals surface area (Å²) in [5.74, 6) is 0. The molecule has 0 unspecified atom stereocenters. The van der Waals surface area contributed by atoms with Gasteiger partial charge in [-0.05, 0) is 22.5 Å². The zero-order valence-corrected chi connectivity index (χ0v) is 13.6. The van der Waals surface area contributed by atoms with Crippen LogP contribution in [0.1, 0.15) is 0 Å². The summed E-state index contributed by atoms with van der Waals surface area (Å²) in [5.41, 5.74) is 2.07. The number of hydrogen-bond donors (Lipinski definition) is 0. The van der Waals surface area contributed by atoms with Crippen LogP contribution in [-0.4, -0.2) is 4.98 Å². The summed E-state index contributed by atoms with van der Waals surface area (Å²) in [5, 5.41) is 4.79. The Bertz CT molecular complexity index is 827. The van der Waals surface area contributed by atoms with E-state index in [1.165, 1.54) is 21.5 Å². The van der Waals surface area contributed by atoms with Gasteiger partial charge in [0.25, 0.3) is 0 Å². The first-order chi connectivity index (χ1) is 9.93. The van der Waals surface area contributed by atoms with Crippen molar-refractivity contribution in [2.45, 2.75) is 0 Å². The Labute approximate surface area is 137 Å². The predicted octanol–water partition coefficient (Wildman–Crippen LogP) is 4.85. The molecule has 0 atom stereocenters. The van der Waals surface area contributed by atoms with E-state index in [1.807, 2.05) is 18.3 Å². The molecule has 0 aliphatic heterocycles. The van der Waals surface area contributed by atoms with Crippen LogP contribution in [0.15, 0.2) is 72.9 Å². The van der Waals surface area contributed by atoms with Gasteiger partial charge in [-0.1, -0.05) is 53.9 Å². The van der Waals surface area contributed by atoms with Crippen LogP contribution in [0.25, 0.3) is 32.8 Å². The van der Waals surface area contributed by atoms with Gasteiger partial charge in [-0.3, -0.25) is 0 Å². The van der Waals surface area contributed by atoms with E-state index >= 15 is 0 Å². The second kappa shape index (κ2) is 5.77. The quantitative estimate of drug-likeness (QED) is 0.381. The van der Waals surface area contributed by atoms with Gasteiger partial charge in [-0.2, -0.15) is 0 Å². The molecule has 103 valence electrons. The molecule has 0 N–H and O–H groups in total. The van der Waals surface area contributed by atoms with Crippen LogP contribution in [0.3, 0.4) is 0 Å². The van der Waals surface area contributed by atoms with E-state index in [-0.39, 0.29) is 20.1 Å². The van der Waals surface area contributed by atoms with Gasteiger partial charge in [0.2, 0.25) is 0 Å². The Hall–Kier alpha value is -2.02. The van der Waals surface area contributed by atoms with Crippen LogP contribution >= 0.6 is 0 Å².